The molecule has 10 heteroatoms. The summed E-state index contributed by atoms with van der Waals surface area (Å²) in [5.74, 6) is -0.250. The number of carbonyl (C=O) groups is 1. The number of carbonyl (C=O) groups excluding carboxylic acids is 1. The van der Waals surface area contributed by atoms with Gasteiger partial charge in [0.15, 0.2) is 5.82 Å². The van der Waals surface area contributed by atoms with Crippen LogP contribution < -0.4 is 16.4 Å². The average molecular weight is 394 g/mol. The Labute approximate surface area is 165 Å². The highest BCUT2D eigenvalue weighted by atomic mass is 19.1. The SMILES string of the molecule is Cn1cc(-c2cc(C(N)=O)c3ncnc(N[C@@H]4CNC[C@@H](F)C4)c3n2)cc1C#N. The summed E-state index contributed by atoms with van der Waals surface area (Å²) >= 11 is 0. The van der Waals surface area contributed by atoms with Crippen LogP contribution in [-0.2, 0) is 7.05 Å². The van der Waals surface area contributed by atoms with Crippen LogP contribution in [0.5, 0.6) is 0 Å². The summed E-state index contributed by atoms with van der Waals surface area (Å²) in [6.07, 6.45) is 2.45. The maximum absolute atomic E-state index is 13.7. The minimum atomic E-state index is -0.951. The van der Waals surface area contributed by atoms with Gasteiger partial charge in [0, 0.05) is 44.4 Å². The fourth-order valence-electron chi connectivity index (χ4n) is 3.49. The van der Waals surface area contributed by atoms with Crippen molar-refractivity contribution in [2.45, 2.75) is 18.6 Å². The van der Waals surface area contributed by atoms with Gasteiger partial charge in [-0.2, -0.15) is 5.26 Å². The second-order valence-electron chi connectivity index (χ2n) is 7.01. The van der Waals surface area contributed by atoms with Crippen LogP contribution in [-0.4, -0.2) is 50.7 Å². The van der Waals surface area contributed by atoms with Gasteiger partial charge in [0.25, 0.3) is 5.91 Å². The fourth-order valence-corrected chi connectivity index (χ4v) is 3.49. The molecular formula is C19H19FN8O. The Kier molecular flexibility index (Phi) is 4.82. The van der Waals surface area contributed by atoms with E-state index in [1.807, 2.05) is 0 Å². The molecule has 1 aliphatic heterocycles. The van der Waals surface area contributed by atoms with Crippen LogP contribution in [0.4, 0.5) is 10.2 Å². The van der Waals surface area contributed by atoms with Gasteiger partial charge >= 0.3 is 0 Å². The van der Waals surface area contributed by atoms with E-state index in [2.05, 4.69) is 31.7 Å². The number of fused-ring (bicyclic) bond motifs is 1. The minimum Gasteiger partial charge on any atom is -0.366 e. The predicted molar refractivity (Wildman–Crippen MR) is 105 cm³/mol. The Balaban J connectivity index is 1.84. The van der Waals surface area contributed by atoms with Crippen LogP contribution in [0.1, 0.15) is 22.5 Å². The predicted octanol–water partition coefficient (Wildman–Crippen LogP) is 1.11. The maximum Gasteiger partial charge on any atom is 0.251 e. The lowest BCUT2D eigenvalue weighted by atomic mass is 10.1. The maximum atomic E-state index is 13.7. The van der Waals surface area contributed by atoms with Gasteiger partial charge in [0.2, 0.25) is 0 Å². The van der Waals surface area contributed by atoms with Gasteiger partial charge in [-0.25, -0.2) is 19.3 Å². The van der Waals surface area contributed by atoms with Crippen molar-refractivity contribution in [3.05, 3.63) is 35.9 Å². The number of nitrogens with two attached hydrogens (primary N) is 1. The Morgan fingerprint density at radius 3 is 2.90 bits per heavy atom. The molecule has 0 saturated carbocycles. The van der Waals surface area contributed by atoms with Crippen molar-refractivity contribution >= 4 is 22.8 Å². The standard InChI is InChI=1S/C19H19FN8O/c1-28-8-10(2-13(28)5-21)15-4-14(18(22)29)16-17(27-15)19(25-9-24-16)26-12-3-11(20)6-23-7-12/h2,4,8-9,11-12,23H,3,6-7H2,1H3,(H2,22,29)(H,24,25,26)/t11-,12-/m0/s1. The van der Waals surface area contributed by atoms with Crippen molar-refractivity contribution < 1.29 is 9.18 Å². The normalized spacial score (nSPS) is 19.1. The minimum absolute atomic E-state index is 0.179. The van der Waals surface area contributed by atoms with Crippen molar-refractivity contribution in [3.8, 4) is 17.3 Å². The number of amides is 1. The summed E-state index contributed by atoms with van der Waals surface area (Å²) in [5, 5.41) is 15.4. The van der Waals surface area contributed by atoms with Crippen LogP contribution in [0.2, 0.25) is 0 Å². The molecule has 1 amide bonds. The number of nitrogens with zero attached hydrogens (tertiary/aromatic N) is 5. The molecule has 148 valence electrons. The molecule has 1 saturated heterocycles. The first-order valence-corrected chi connectivity index (χ1v) is 9.10. The van der Waals surface area contributed by atoms with Crippen LogP contribution in [0, 0.1) is 11.3 Å². The van der Waals surface area contributed by atoms with Crippen molar-refractivity contribution in [1.82, 2.24) is 24.8 Å². The number of piperidine rings is 1. The third kappa shape index (κ3) is 3.60. The number of aryl methyl sites for hydroxylation is 1. The smallest absolute Gasteiger partial charge is 0.251 e. The second-order valence-corrected chi connectivity index (χ2v) is 7.01. The lowest BCUT2D eigenvalue weighted by Crippen LogP contribution is -2.44. The van der Waals surface area contributed by atoms with E-state index in [9.17, 15) is 14.4 Å². The number of hydrogen-bond donors (Lipinski definition) is 3. The monoisotopic (exact) mass is 394 g/mol. The Morgan fingerprint density at radius 1 is 1.38 bits per heavy atom. The Hall–Kier alpha value is -3.58. The molecule has 1 aliphatic rings. The van der Waals surface area contributed by atoms with Crippen molar-refractivity contribution in [2.24, 2.45) is 12.8 Å². The van der Waals surface area contributed by atoms with Gasteiger partial charge in [-0.3, -0.25) is 4.79 Å². The molecule has 0 radical (unpaired) electrons. The van der Waals surface area contributed by atoms with Gasteiger partial charge in [-0.05, 0) is 12.1 Å². The van der Waals surface area contributed by atoms with E-state index in [0.29, 0.717) is 53.3 Å². The van der Waals surface area contributed by atoms with Gasteiger partial charge in [-0.15, -0.1) is 0 Å². The molecule has 1 fully saturated rings. The molecule has 4 N–H and O–H groups in total. The molecule has 0 aliphatic carbocycles. The van der Waals surface area contributed by atoms with E-state index < -0.39 is 12.1 Å². The molecule has 0 unspecified atom stereocenters. The number of rotatable bonds is 4. The van der Waals surface area contributed by atoms with E-state index in [-0.39, 0.29) is 11.6 Å². The average Bonchev–Trinajstić information content (AvgIpc) is 3.08. The molecular weight excluding hydrogens is 375 g/mol. The molecule has 29 heavy (non-hydrogen) atoms. The van der Waals surface area contributed by atoms with Crippen molar-refractivity contribution in [1.29, 1.82) is 5.26 Å². The molecule has 4 heterocycles. The number of halogens is 1. The highest BCUT2D eigenvalue weighted by molar-refractivity contribution is 6.06. The van der Waals surface area contributed by atoms with Crippen LogP contribution in [0.25, 0.3) is 22.3 Å². The Bertz CT molecular complexity index is 1140. The van der Waals surface area contributed by atoms with E-state index in [4.69, 9.17) is 5.73 Å². The number of anilines is 1. The first kappa shape index (κ1) is 18.8. The first-order chi connectivity index (χ1) is 14.0. The summed E-state index contributed by atoms with van der Waals surface area (Å²) in [5.41, 5.74) is 8.03. The molecule has 0 bridgehead atoms. The molecule has 0 aromatic carbocycles. The molecule has 9 nitrogen and oxygen atoms in total. The summed E-state index contributed by atoms with van der Waals surface area (Å²) in [4.78, 5) is 25.1. The highest BCUT2D eigenvalue weighted by Crippen LogP contribution is 2.28. The Morgan fingerprint density at radius 2 is 2.21 bits per heavy atom. The number of pyridine rings is 1. The van der Waals surface area contributed by atoms with Crippen molar-refractivity contribution in [3.63, 3.8) is 0 Å². The van der Waals surface area contributed by atoms with E-state index in [1.54, 1.807) is 29.9 Å². The molecule has 4 rings (SSSR count). The summed E-state index contributed by atoms with van der Waals surface area (Å²) in [6.45, 7) is 0.907. The van der Waals surface area contributed by atoms with Gasteiger partial charge < -0.3 is 20.9 Å². The third-order valence-corrected chi connectivity index (χ3v) is 4.91. The zero-order valence-corrected chi connectivity index (χ0v) is 15.7. The van der Waals surface area contributed by atoms with Gasteiger partial charge in [0.05, 0.1) is 11.3 Å². The molecule has 0 spiro atoms. The quantitative estimate of drug-likeness (QED) is 0.603. The lowest BCUT2D eigenvalue weighted by Gasteiger charge is -2.27. The number of nitrogens with one attached hydrogen (secondary N) is 2. The number of alkyl halides is 1. The van der Waals surface area contributed by atoms with E-state index in [1.165, 1.54) is 6.33 Å². The molecule has 3 aromatic heterocycles. The largest absolute Gasteiger partial charge is 0.366 e. The fraction of sp³-hybridized carbons (Fsp3) is 0.316. The topological polar surface area (TPSA) is 135 Å². The van der Waals surface area contributed by atoms with Crippen LogP contribution in [0.3, 0.4) is 0 Å². The highest BCUT2D eigenvalue weighted by Gasteiger charge is 2.23. The lowest BCUT2D eigenvalue weighted by molar-refractivity contribution is 0.100. The number of hydrogen-bond acceptors (Lipinski definition) is 7. The molecule has 2 atom stereocenters. The number of nitriles is 1. The summed E-state index contributed by atoms with van der Waals surface area (Å²) in [6, 6.07) is 5.14. The van der Waals surface area contributed by atoms with Crippen LogP contribution in [0.15, 0.2) is 24.7 Å². The van der Waals surface area contributed by atoms with E-state index in [0.717, 1.165) is 0 Å². The summed E-state index contributed by atoms with van der Waals surface area (Å²) < 4.78 is 15.4. The summed E-state index contributed by atoms with van der Waals surface area (Å²) in [7, 11) is 1.75. The molecule has 3 aromatic rings. The van der Waals surface area contributed by atoms with Crippen molar-refractivity contribution in [2.75, 3.05) is 18.4 Å². The number of primary amides is 1. The number of aromatic nitrogens is 4. The van der Waals surface area contributed by atoms with Gasteiger partial charge in [-0.1, -0.05) is 0 Å². The first-order valence-electron chi connectivity index (χ1n) is 9.10. The second kappa shape index (κ2) is 7.44. The zero-order valence-electron chi connectivity index (χ0n) is 15.7. The van der Waals surface area contributed by atoms with E-state index >= 15 is 0 Å². The third-order valence-electron chi connectivity index (χ3n) is 4.91. The zero-order chi connectivity index (χ0) is 20.5. The van der Waals surface area contributed by atoms with Crippen LogP contribution >= 0.6 is 0 Å². The van der Waals surface area contributed by atoms with Gasteiger partial charge in [0.1, 0.15) is 35.3 Å².